The van der Waals surface area contributed by atoms with Crippen molar-refractivity contribution in [2.45, 2.75) is 57.3 Å². The van der Waals surface area contributed by atoms with Crippen LogP contribution in [0.2, 0.25) is 0 Å². The molecule has 1 saturated heterocycles. The number of nitrogens with zero attached hydrogens (tertiary/aromatic N) is 4. The number of esters is 1. The fraction of sp³-hybridized carbons (Fsp3) is 0.478. The monoisotopic (exact) mass is 585 g/mol. The van der Waals surface area contributed by atoms with Gasteiger partial charge in [0.25, 0.3) is 0 Å². The number of hydrogen-bond donors (Lipinski definition) is 4. The third-order valence-corrected chi connectivity index (χ3v) is 7.39. The van der Waals surface area contributed by atoms with E-state index < -0.39 is 56.8 Å². The average Bonchev–Trinajstić information content (AvgIpc) is 3.40. The van der Waals surface area contributed by atoms with Gasteiger partial charge in [0.05, 0.1) is 19.0 Å². The molecular formula is C23H30F2N7O7P. The highest BCUT2D eigenvalue weighted by Gasteiger charge is 2.60. The number of halogens is 2. The number of aromatic nitrogens is 4. The number of rotatable bonds is 11. The lowest BCUT2D eigenvalue weighted by molar-refractivity contribution is -0.149. The summed E-state index contributed by atoms with van der Waals surface area (Å²) in [5.74, 6) is -4.48. The minimum Gasteiger partial charge on any atom is -0.462 e. The molecule has 1 aromatic carbocycles. The molecule has 3 aromatic rings. The maximum atomic E-state index is 15.3. The van der Waals surface area contributed by atoms with Gasteiger partial charge in [-0.15, -0.1) is 0 Å². The van der Waals surface area contributed by atoms with Gasteiger partial charge in [0.2, 0.25) is 12.2 Å². The van der Waals surface area contributed by atoms with Crippen molar-refractivity contribution in [2.24, 2.45) is 0 Å². The Balaban J connectivity index is 1.56. The van der Waals surface area contributed by atoms with Gasteiger partial charge in [-0.3, -0.25) is 13.9 Å². The molecule has 3 heterocycles. The number of hydrogen-bond acceptors (Lipinski definition) is 12. The molecule has 5 atom stereocenters. The van der Waals surface area contributed by atoms with Gasteiger partial charge in [0, 0.05) is 7.05 Å². The van der Waals surface area contributed by atoms with Crippen LogP contribution in [-0.4, -0.2) is 74.5 Å². The second-order valence-corrected chi connectivity index (χ2v) is 10.9. The number of para-hydroxylation sites is 1. The summed E-state index contributed by atoms with van der Waals surface area (Å²) in [6.45, 7) is 3.85. The molecular weight excluding hydrogens is 555 g/mol. The van der Waals surface area contributed by atoms with Gasteiger partial charge in [0.1, 0.15) is 17.9 Å². The van der Waals surface area contributed by atoms with Crippen molar-refractivity contribution in [3.63, 3.8) is 0 Å². The number of nitrogens with two attached hydrogens (primary N) is 1. The summed E-state index contributed by atoms with van der Waals surface area (Å²) in [6, 6.07) is 6.71. The predicted molar refractivity (Wildman–Crippen MR) is 139 cm³/mol. The van der Waals surface area contributed by atoms with Crippen LogP contribution < -0.4 is 20.7 Å². The molecule has 0 spiro atoms. The maximum Gasteiger partial charge on any atom is 0.459 e. The minimum atomic E-state index is -4.40. The molecule has 218 valence electrons. The Morgan fingerprint density at radius 1 is 1.27 bits per heavy atom. The summed E-state index contributed by atoms with van der Waals surface area (Å²) in [6.07, 6.45) is -5.51. The standard InChI is InChI=1S/C23H30F2N7O7P/c1-12(2)37-20(34)13(3)31-40(35,39-14-8-6-5-7-9-14)36-10-15-17(33)23(24,25)21(38-15)32-11-28-16-18(27-4)29-22(26)30-19(16)32/h5-9,11-13,15,17,21,33H,10H2,1-4H3,(H,31,35)(H3,26,27,29,30)/t13?,15-,17-,21-,40?/m1/s1. The SMILES string of the molecule is CNc1nc(N)nc2c1ncn2[C@@H]1O[C@H](COP(=O)(NC(C)C(=O)OC(C)C)Oc2ccccc2)[C@@H](O)C1(F)F. The maximum absolute atomic E-state index is 15.3. The molecule has 1 aliphatic rings. The first-order valence-corrected chi connectivity index (χ1v) is 13.8. The van der Waals surface area contributed by atoms with E-state index in [9.17, 15) is 14.5 Å². The van der Waals surface area contributed by atoms with Crippen molar-refractivity contribution in [1.82, 2.24) is 24.6 Å². The highest BCUT2D eigenvalue weighted by molar-refractivity contribution is 7.52. The molecule has 0 saturated carbocycles. The zero-order valence-corrected chi connectivity index (χ0v) is 22.9. The molecule has 1 aliphatic heterocycles. The van der Waals surface area contributed by atoms with Gasteiger partial charge >= 0.3 is 19.6 Å². The van der Waals surface area contributed by atoms with E-state index in [0.717, 1.165) is 10.9 Å². The first-order chi connectivity index (χ1) is 18.8. The molecule has 17 heteroatoms. The van der Waals surface area contributed by atoms with Crippen molar-refractivity contribution in [2.75, 3.05) is 24.7 Å². The van der Waals surface area contributed by atoms with Crippen LogP contribution in [0, 0.1) is 0 Å². The van der Waals surface area contributed by atoms with Crippen LogP contribution >= 0.6 is 7.75 Å². The van der Waals surface area contributed by atoms with Crippen LogP contribution in [0.3, 0.4) is 0 Å². The van der Waals surface area contributed by atoms with E-state index in [0.29, 0.717) is 0 Å². The number of carbonyl (C=O) groups excluding carboxylic acids is 1. The third kappa shape index (κ3) is 6.15. The van der Waals surface area contributed by atoms with E-state index in [1.54, 1.807) is 39.1 Å². The number of anilines is 2. The summed E-state index contributed by atoms with van der Waals surface area (Å²) in [7, 11) is -2.86. The number of carbonyl (C=O) groups is 1. The van der Waals surface area contributed by atoms with Crippen LogP contribution in [-0.2, 0) is 23.4 Å². The Hall–Kier alpha value is -3.43. The summed E-state index contributed by atoms with van der Waals surface area (Å²) in [4.78, 5) is 24.3. The molecule has 0 aliphatic carbocycles. The van der Waals surface area contributed by atoms with Crippen LogP contribution in [0.4, 0.5) is 20.5 Å². The number of fused-ring (bicyclic) bond motifs is 1. The van der Waals surface area contributed by atoms with Crippen LogP contribution in [0.25, 0.3) is 11.2 Å². The Morgan fingerprint density at radius 3 is 2.62 bits per heavy atom. The van der Waals surface area contributed by atoms with Crippen molar-refractivity contribution in [3.8, 4) is 5.75 Å². The van der Waals surface area contributed by atoms with E-state index in [1.165, 1.54) is 19.1 Å². The van der Waals surface area contributed by atoms with Crippen molar-refractivity contribution in [1.29, 1.82) is 0 Å². The number of alkyl halides is 2. The molecule has 1 fully saturated rings. The first-order valence-electron chi connectivity index (χ1n) is 12.2. The Labute approximate surface area is 227 Å². The fourth-order valence-electron chi connectivity index (χ4n) is 3.89. The van der Waals surface area contributed by atoms with Gasteiger partial charge in [-0.05, 0) is 32.9 Å². The summed E-state index contributed by atoms with van der Waals surface area (Å²) < 4.78 is 66.7. The second-order valence-electron chi connectivity index (χ2n) is 9.18. The highest BCUT2D eigenvalue weighted by atomic mass is 31.2. The Morgan fingerprint density at radius 2 is 1.98 bits per heavy atom. The number of benzene rings is 1. The van der Waals surface area contributed by atoms with Crippen LogP contribution in [0.15, 0.2) is 36.7 Å². The lowest BCUT2D eigenvalue weighted by Gasteiger charge is -2.25. The second kappa shape index (κ2) is 11.6. The highest BCUT2D eigenvalue weighted by Crippen LogP contribution is 2.48. The normalized spacial score (nSPS) is 22.6. The van der Waals surface area contributed by atoms with Crippen molar-refractivity contribution >= 4 is 36.6 Å². The van der Waals surface area contributed by atoms with Crippen LogP contribution in [0.1, 0.15) is 27.0 Å². The van der Waals surface area contributed by atoms with Crippen molar-refractivity contribution in [3.05, 3.63) is 36.7 Å². The van der Waals surface area contributed by atoms with E-state index in [-0.39, 0.29) is 28.7 Å². The molecule has 0 bridgehead atoms. The third-order valence-electron chi connectivity index (χ3n) is 5.74. The molecule has 0 amide bonds. The smallest absolute Gasteiger partial charge is 0.459 e. The molecule has 2 aromatic heterocycles. The van der Waals surface area contributed by atoms with E-state index in [4.69, 9.17) is 24.3 Å². The van der Waals surface area contributed by atoms with E-state index >= 15 is 8.78 Å². The Kier molecular flexibility index (Phi) is 8.56. The zero-order valence-electron chi connectivity index (χ0n) is 22.0. The topological polar surface area (TPSA) is 185 Å². The zero-order chi connectivity index (χ0) is 29.2. The van der Waals surface area contributed by atoms with Gasteiger partial charge in [-0.1, -0.05) is 18.2 Å². The van der Waals surface area contributed by atoms with Gasteiger partial charge < -0.3 is 30.2 Å². The molecule has 40 heavy (non-hydrogen) atoms. The summed E-state index contributed by atoms with van der Waals surface area (Å²) in [5.41, 5.74) is 5.80. The van der Waals surface area contributed by atoms with Gasteiger partial charge in [-0.25, -0.2) is 9.55 Å². The molecule has 4 rings (SSSR count). The van der Waals surface area contributed by atoms with E-state index in [2.05, 4.69) is 25.4 Å². The molecule has 0 radical (unpaired) electrons. The molecule has 5 N–H and O–H groups in total. The number of nitrogen functional groups attached to an aromatic ring is 1. The average molecular weight is 586 g/mol. The fourth-order valence-corrected chi connectivity index (χ4v) is 5.39. The van der Waals surface area contributed by atoms with Gasteiger partial charge in [-0.2, -0.15) is 23.8 Å². The largest absolute Gasteiger partial charge is 0.462 e. The molecule has 14 nitrogen and oxygen atoms in total. The first kappa shape index (κ1) is 29.6. The lowest BCUT2D eigenvalue weighted by atomic mass is 10.1. The summed E-state index contributed by atoms with van der Waals surface area (Å²) in [5, 5.41) is 15.7. The van der Waals surface area contributed by atoms with Gasteiger partial charge in [0.15, 0.2) is 23.1 Å². The lowest BCUT2D eigenvalue weighted by Crippen LogP contribution is -2.40. The quantitative estimate of drug-likeness (QED) is 0.190. The number of imidazole rings is 1. The molecule has 2 unspecified atom stereocenters. The van der Waals surface area contributed by atoms with E-state index in [1.807, 2.05) is 0 Å². The Bertz CT molecular complexity index is 1390. The number of ether oxygens (including phenoxy) is 2. The number of nitrogens with one attached hydrogen (secondary N) is 2. The minimum absolute atomic E-state index is 0.0625. The number of aliphatic hydroxyl groups excluding tert-OH is 1. The predicted octanol–water partition coefficient (Wildman–Crippen LogP) is 2.48. The van der Waals surface area contributed by atoms with Crippen LogP contribution in [0.5, 0.6) is 5.75 Å². The van der Waals surface area contributed by atoms with Crippen molar-refractivity contribution < 1.29 is 41.8 Å². The summed E-state index contributed by atoms with van der Waals surface area (Å²) >= 11 is 0. The number of aliphatic hydroxyl groups is 1.